The molecule has 1 N–H and O–H groups in total. The Morgan fingerprint density at radius 1 is 1.36 bits per heavy atom. The van der Waals surface area contributed by atoms with Gasteiger partial charge in [-0.3, -0.25) is 4.79 Å². The Bertz CT molecular complexity index is 759. The Labute approximate surface area is 136 Å². The van der Waals surface area contributed by atoms with Gasteiger partial charge in [0.2, 0.25) is 5.91 Å². The van der Waals surface area contributed by atoms with Gasteiger partial charge in [-0.25, -0.2) is 4.98 Å². The minimum atomic E-state index is -0.0200. The van der Waals surface area contributed by atoms with Gasteiger partial charge in [0.25, 0.3) is 0 Å². The molecule has 3 heterocycles. The molecular weight excluding hydrogens is 316 g/mol. The maximum atomic E-state index is 12.1. The van der Waals surface area contributed by atoms with Crippen LogP contribution < -0.4 is 5.32 Å². The van der Waals surface area contributed by atoms with Crippen LogP contribution in [0.5, 0.6) is 0 Å². The van der Waals surface area contributed by atoms with Crippen LogP contribution in [-0.2, 0) is 11.2 Å². The monoisotopic (exact) mass is 332 g/mol. The second kappa shape index (κ2) is 6.46. The summed E-state index contributed by atoms with van der Waals surface area (Å²) >= 11 is 3.13. The predicted octanol–water partition coefficient (Wildman–Crippen LogP) is 4.19. The summed E-state index contributed by atoms with van der Waals surface area (Å²) in [7, 11) is 0. The third kappa shape index (κ3) is 3.45. The molecule has 4 nitrogen and oxygen atoms in total. The molecule has 0 bridgehead atoms. The van der Waals surface area contributed by atoms with Crippen LogP contribution in [0.3, 0.4) is 0 Å². The van der Waals surface area contributed by atoms with Crippen LogP contribution in [0.2, 0.25) is 0 Å². The summed E-state index contributed by atoms with van der Waals surface area (Å²) in [5.74, 6) is 1.59. The zero-order valence-electron chi connectivity index (χ0n) is 12.3. The molecule has 1 atom stereocenters. The van der Waals surface area contributed by atoms with Gasteiger partial charge in [0.15, 0.2) is 10.8 Å². The highest BCUT2D eigenvalue weighted by Crippen LogP contribution is 2.26. The van der Waals surface area contributed by atoms with Crippen molar-refractivity contribution >= 4 is 28.6 Å². The van der Waals surface area contributed by atoms with Crippen molar-refractivity contribution < 1.29 is 9.21 Å². The number of hydrogen-bond donors (Lipinski definition) is 1. The van der Waals surface area contributed by atoms with Gasteiger partial charge in [-0.05, 0) is 37.4 Å². The van der Waals surface area contributed by atoms with Gasteiger partial charge in [0.05, 0.1) is 18.2 Å². The molecule has 1 amide bonds. The number of nitrogens with zero attached hydrogens (tertiary/aromatic N) is 1. The highest BCUT2D eigenvalue weighted by atomic mass is 32.1. The Morgan fingerprint density at radius 2 is 2.23 bits per heavy atom. The molecule has 0 saturated carbocycles. The summed E-state index contributed by atoms with van der Waals surface area (Å²) in [6.07, 6.45) is 0.284. The fourth-order valence-corrected chi connectivity index (χ4v) is 3.63. The zero-order chi connectivity index (χ0) is 15.5. The Kier molecular flexibility index (Phi) is 4.40. The number of thiazole rings is 1. The van der Waals surface area contributed by atoms with E-state index in [0.717, 1.165) is 27.1 Å². The number of amides is 1. The SMILES string of the molecule is Cc1ccc(-c2nc(CC(=O)N[C@@H](C)c3cccs3)cs2)o1. The van der Waals surface area contributed by atoms with E-state index in [2.05, 4.69) is 10.3 Å². The van der Waals surface area contributed by atoms with E-state index in [4.69, 9.17) is 4.42 Å². The molecule has 114 valence electrons. The van der Waals surface area contributed by atoms with Crippen molar-refractivity contribution in [1.82, 2.24) is 10.3 Å². The van der Waals surface area contributed by atoms with E-state index in [1.807, 2.05) is 48.9 Å². The second-order valence-corrected chi connectivity index (χ2v) is 6.87. The van der Waals surface area contributed by atoms with Gasteiger partial charge in [0, 0.05) is 10.3 Å². The van der Waals surface area contributed by atoms with Crippen molar-refractivity contribution in [2.45, 2.75) is 26.3 Å². The maximum absolute atomic E-state index is 12.1. The molecule has 0 aliphatic heterocycles. The summed E-state index contributed by atoms with van der Waals surface area (Å²) in [4.78, 5) is 17.7. The van der Waals surface area contributed by atoms with Crippen LogP contribution >= 0.6 is 22.7 Å². The van der Waals surface area contributed by atoms with Crippen LogP contribution in [0.1, 0.15) is 29.3 Å². The molecule has 0 unspecified atom stereocenters. The smallest absolute Gasteiger partial charge is 0.226 e. The van der Waals surface area contributed by atoms with E-state index in [9.17, 15) is 4.79 Å². The Balaban J connectivity index is 1.61. The van der Waals surface area contributed by atoms with Crippen LogP contribution in [0, 0.1) is 6.92 Å². The summed E-state index contributed by atoms with van der Waals surface area (Å²) in [6, 6.07) is 7.84. The van der Waals surface area contributed by atoms with E-state index in [0.29, 0.717) is 0 Å². The van der Waals surface area contributed by atoms with E-state index < -0.39 is 0 Å². The summed E-state index contributed by atoms with van der Waals surface area (Å²) in [6.45, 7) is 3.89. The van der Waals surface area contributed by atoms with Crippen molar-refractivity contribution in [2.24, 2.45) is 0 Å². The van der Waals surface area contributed by atoms with Gasteiger partial charge in [0.1, 0.15) is 5.76 Å². The number of carbonyl (C=O) groups is 1. The molecule has 0 fully saturated rings. The fourth-order valence-electron chi connectivity index (χ4n) is 2.12. The topological polar surface area (TPSA) is 55.1 Å². The summed E-state index contributed by atoms with van der Waals surface area (Å²) in [5, 5.41) is 7.72. The summed E-state index contributed by atoms with van der Waals surface area (Å²) in [5.41, 5.74) is 0.768. The lowest BCUT2D eigenvalue weighted by atomic mass is 10.2. The molecule has 0 aliphatic rings. The quantitative estimate of drug-likeness (QED) is 0.762. The van der Waals surface area contributed by atoms with Gasteiger partial charge < -0.3 is 9.73 Å². The lowest BCUT2D eigenvalue weighted by Gasteiger charge is -2.11. The number of furan rings is 1. The molecule has 0 radical (unpaired) electrons. The van der Waals surface area contributed by atoms with Crippen molar-refractivity contribution in [2.75, 3.05) is 0 Å². The number of rotatable bonds is 5. The van der Waals surface area contributed by atoms with Gasteiger partial charge in [-0.1, -0.05) is 6.07 Å². The Hall–Kier alpha value is -1.92. The van der Waals surface area contributed by atoms with E-state index in [1.165, 1.54) is 11.3 Å². The number of aromatic nitrogens is 1. The first-order chi connectivity index (χ1) is 10.6. The molecule has 0 aromatic carbocycles. The molecule has 3 aromatic rings. The lowest BCUT2D eigenvalue weighted by molar-refractivity contribution is -0.121. The van der Waals surface area contributed by atoms with Gasteiger partial charge in [-0.2, -0.15) is 0 Å². The summed E-state index contributed by atoms with van der Waals surface area (Å²) < 4.78 is 5.55. The fraction of sp³-hybridized carbons (Fsp3) is 0.250. The number of nitrogens with one attached hydrogen (secondary N) is 1. The molecule has 0 spiro atoms. The first kappa shape index (κ1) is 15.0. The average molecular weight is 332 g/mol. The predicted molar refractivity (Wildman–Crippen MR) is 89.1 cm³/mol. The van der Waals surface area contributed by atoms with Crippen molar-refractivity contribution in [3.05, 3.63) is 51.4 Å². The minimum Gasteiger partial charge on any atom is -0.459 e. The average Bonchev–Trinajstić information content (AvgIpc) is 3.18. The molecular formula is C16H16N2O2S2. The van der Waals surface area contributed by atoms with Gasteiger partial charge in [-0.15, -0.1) is 22.7 Å². The normalized spacial score (nSPS) is 12.3. The second-order valence-electron chi connectivity index (χ2n) is 5.04. The van der Waals surface area contributed by atoms with Crippen LogP contribution in [0.25, 0.3) is 10.8 Å². The van der Waals surface area contributed by atoms with E-state index >= 15 is 0 Å². The molecule has 0 saturated heterocycles. The maximum Gasteiger partial charge on any atom is 0.226 e. The first-order valence-corrected chi connectivity index (χ1v) is 8.72. The highest BCUT2D eigenvalue weighted by Gasteiger charge is 2.14. The third-order valence-corrected chi connectivity index (χ3v) is 5.15. The molecule has 6 heteroatoms. The molecule has 3 rings (SSSR count). The number of aryl methyl sites for hydroxylation is 1. The minimum absolute atomic E-state index is 0.0200. The third-order valence-electron chi connectivity index (χ3n) is 3.19. The van der Waals surface area contributed by atoms with E-state index in [-0.39, 0.29) is 18.4 Å². The zero-order valence-corrected chi connectivity index (χ0v) is 14.0. The number of carbonyl (C=O) groups excluding carboxylic acids is 1. The Morgan fingerprint density at radius 3 is 2.91 bits per heavy atom. The standard InChI is InChI=1S/C16H16N2O2S2/c1-10-5-6-13(20-10)16-18-12(9-22-16)8-15(19)17-11(2)14-4-3-7-21-14/h3-7,9,11H,8H2,1-2H3,(H,17,19)/t11-/m0/s1. The molecule has 3 aromatic heterocycles. The molecule has 22 heavy (non-hydrogen) atoms. The van der Waals surface area contributed by atoms with Crippen molar-refractivity contribution in [1.29, 1.82) is 0 Å². The lowest BCUT2D eigenvalue weighted by Crippen LogP contribution is -2.27. The van der Waals surface area contributed by atoms with Crippen molar-refractivity contribution in [3.63, 3.8) is 0 Å². The first-order valence-electron chi connectivity index (χ1n) is 6.96. The molecule has 0 aliphatic carbocycles. The van der Waals surface area contributed by atoms with Crippen molar-refractivity contribution in [3.8, 4) is 10.8 Å². The van der Waals surface area contributed by atoms with Crippen LogP contribution in [0.4, 0.5) is 0 Å². The largest absolute Gasteiger partial charge is 0.459 e. The number of thiophene rings is 1. The van der Waals surface area contributed by atoms with Crippen LogP contribution in [-0.4, -0.2) is 10.9 Å². The van der Waals surface area contributed by atoms with Crippen LogP contribution in [0.15, 0.2) is 39.4 Å². The van der Waals surface area contributed by atoms with Gasteiger partial charge >= 0.3 is 0 Å². The number of hydrogen-bond acceptors (Lipinski definition) is 5. The highest BCUT2D eigenvalue weighted by molar-refractivity contribution is 7.13. The van der Waals surface area contributed by atoms with E-state index in [1.54, 1.807) is 11.3 Å².